The van der Waals surface area contributed by atoms with Crippen LogP contribution in [0.5, 0.6) is 0 Å². The molecule has 1 fully saturated rings. The largest absolute Gasteiger partial charge is 0.342 e. The topological polar surface area (TPSA) is 62.6 Å². The van der Waals surface area contributed by atoms with Crippen LogP contribution in [0.4, 0.5) is 0 Å². The number of benzene rings is 1. The molecule has 1 aliphatic rings. The fourth-order valence-electron chi connectivity index (χ4n) is 4.33. The van der Waals surface area contributed by atoms with Gasteiger partial charge < -0.3 is 9.80 Å². The van der Waals surface area contributed by atoms with Crippen molar-refractivity contribution < 1.29 is 13.2 Å². The van der Waals surface area contributed by atoms with E-state index in [0.717, 1.165) is 40.7 Å². The van der Waals surface area contributed by atoms with Crippen molar-refractivity contribution in [3.05, 3.63) is 51.4 Å². The molecule has 0 unspecified atom stereocenters. The molecule has 2 aromatic heterocycles. The summed E-state index contributed by atoms with van der Waals surface area (Å²) in [6, 6.07) is 11.0. The van der Waals surface area contributed by atoms with Gasteiger partial charge in [0.15, 0.2) is 0 Å². The molecule has 0 bridgehead atoms. The number of para-hydroxylation sites is 1. The summed E-state index contributed by atoms with van der Waals surface area (Å²) in [5.41, 5.74) is 1.98. The highest BCUT2D eigenvalue weighted by Gasteiger charge is 2.29. The molecule has 9 heteroatoms. The van der Waals surface area contributed by atoms with Gasteiger partial charge in [-0.1, -0.05) is 18.2 Å². The van der Waals surface area contributed by atoms with Gasteiger partial charge in [-0.3, -0.25) is 4.79 Å². The maximum Gasteiger partial charge on any atom is 0.277 e. The number of amides is 1. The fourth-order valence-corrected chi connectivity index (χ4v) is 7.99. The number of halogens is 1. The molecule has 0 N–H and O–H groups in total. The van der Waals surface area contributed by atoms with Gasteiger partial charge in [-0.05, 0) is 79.6 Å². The Kier molecular flexibility index (Phi) is 6.31. The van der Waals surface area contributed by atoms with E-state index in [4.69, 9.17) is 0 Å². The lowest BCUT2D eigenvalue weighted by Crippen LogP contribution is -2.45. The van der Waals surface area contributed by atoms with E-state index in [2.05, 4.69) is 27.9 Å². The molecule has 1 amide bonds. The summed E-state index contributed by atoms with van der Waals surface area (Å²) < 4.78 is 29.3. The van der Waals surface area contributed by atoms with Crippen LogP contribution in [0.2, 0.25) is 0 Å². The third-order valence-electron chi connectivity index (χ3n) is 6.19. The molecule has 1 aliphatic heterocycles. The van der Waals surface area contributed by atoms with E-state index in [9.17, 15) is 13.2 Å². The maximum absolute atomic E-state index is 13.4. The maximum atomic E-state index is 13.4. The third-order valence-corrected chi connectivity index (χ3v) is 10.1. The van der Waals surface area contributed by atoms with Gasteiger partial charge >= 0.3 is 0 Å². The predicted molar refractivity (Wildman–Crippen MR) is 128 cm³/mol. The van der Waals surface area contributed by atoms with E-state index < -0.39 is 10.0 Å². The zero-order valence-electron chi connectivity index (χ0n) is 17.8. The monoisotopic (exact) mass is 523 g/mol. The van der Waals surface area contributed by atoms with Gasteiger partial charge in [-0.2, -0.15) is 8.42 Å². The fraction of sp³-hybridized carbons (Fsp3) is 0.409. The first kappa shape index (κ1) is 22.5. The first-order chi connectivity index (χ1) is 14.7. The summed E-state index contributed by atoms with van der Waals surface area (Å²) >= 11 is 4.53. The number of carbonyl (C=O) groups is 1. The van der Waals surface area contributed by atoms with Crippen molar-refractivity contribution in [2.24, 2.45) is 0 Å². The van der Waals surface area contributed by atoms with Gasteiger partial charge in [0, 0.05) is 24.2 Å². The summed E-state index contributed by atoms with van der Waals surface area (Å²) in [6.07, 6.45) is 2.11. The lowest BCUT2D eigenvalue weighted by atomic mass is 10.0. The second-order valence-corrected chi connectivity index (χ2v) is 12.6. The lowest BCUT2D eigenvalue weighted by molar-refractivity contribution is -0.132. The lowest BCUT2D eigenvalue weighted by Gasteiger charge is -2.35. The van der Waals surface area contributed by atoms with Gasteiger partial charge in [0.2, 0.25) is 5.91 Å². The molecule has 1 saturated heterocycles. The number of thiophene rings is 1. The summed E-state index contributed by atoms with van der Waals surface area (Å²) in [7, 11) is 0.205. The molecule has 4 rings (SSSR count). The van der Waals surface area contributed by atoms with Crippen molar-refractivity contribution in [2.75, 3.05) is 27.2 Å². The van der Waals surface area contributed by atoms with E-state index in [-0.39, 0.29) is 22.6 Å². The predicted octanol–water partition coefficient (Wildman–Crippen LogP) is 4.11. The minimum absolute atomic E-state index is 0.0248. The van der Waals surface area contributed by atoms with Gasteiger partial charge in [-0.25, -0.2) is 3.97 Å². The van der Waals surface area contributed by atoms with Crippen LogP contribution in [0.3, 0.4) is 0 Å². The molecule has 0 saturated carbocycles. The Labute approximate surface area is 195 Å². The second-order valence-electron chi connectivity index (χ2n) is 8.12. The number of rotatable bonds is 5. The Morgan fingerprint density at radius 3 is 2.52 bits per heavy atom. The molecule has 0 aliphatic carbocycles. The van der Waals surface area contributed by atoms with Crippen LogP contribution in [0, 0.1) is 6.92 Å². The van der Waals surface area contributed by atoms with E-state index in [1.807, 2.05) is 30.1 Å². The number of likely N-dealkylation sites (N-methyl/N-ethyl adjacent to an activating group) is 1. The second kappa shape index (κ2) is 8.69. The molecular weight excluding hydrogens is 498 g/mol. The molecule has 6 nitrogen and oxygen atoms in total. The Morgan fingerprint density at radius 2 is 1.87 bits per heavy atom. The van der Waals surface area contributed by atoms with Crippen molar-refractivity contribution in [3.63, 3.8) is 0 Å². The standard InChI is InChI=1S/C22H26BrN3O3S2/c1-15-18(14-21(27)25(3)16-10-12-24(2)13-11-16)17-6-4-5-7-19(17)26(15)31(28,29)22-9-8-20(23)30-22/h4-9,16H,10-14H2,1-3H3. The summed E-state index contributed by atoms with van der Waals surface area (Å²) in [5.74, 6) is 0.0248. The molecule has 0 radical (unpaired) electrons. The number of likely N-dealkylation sites (tertiary alicyclic amines) is 1. The number of nitrogens with zero attached hydrogens (tertiary/aromatic N) is 3. The highest BCUT2D eigenvalue weighted by atomic mass is 79.9. The zero-order valence-corrected chi connectivity index (χ0v) is 21.1. The number of piperidine rings is 1. The summed E-state index contributed by atoms with van der Waals surface area (Å²) in [4.78, 5) is 17.3. The van der Waals surface area contributed by atoms with E-state index >= 15 is 0 Å². The average Bonchev–Trinajstić information content (AvgIpc) is 3.30. The van der Waals surface area contributed by atoms with Crippen LogP contribution in [0.25, 0.3) is 10.9 Å². The third kappa shape index (κ3) is 4.20. The quantitative estimate of drug-likeness (QED) is 0.504. The first-order valence-electron chi connectivity index (χ1n) is 10.2. The van der Waals surface area contributed by atoms with Gasteiger partial charge in [0.05, 0.1) is 15.7 Å². The molecule has 0 atom stereocenters. The smallest absolute Gasteiger partial charge is 0.277 e. The van der Waals surface area contributed by atoms with Crippen LogP contribution in [-0.2, 0) is 21.2 Å². The molecule has 3 aromatic rings. The first-order valence-corrected chi connectivity index (χ1v) is 13.3. The Balaban J connectivity index is 1.71. The molecule has 31 heavy (non-hydrogen) atoms. The van der Waals surface area contributed by atoms with Crippen molar-refractivity contribution >= 4 is 54.1 Å². The van der Waals surface area contributed by atoms with E-state index in [1.54, 1.807) is 25.1 Å². The number of hydrogen-bond donors (Lipinski definition) is 0. The SMILES string of the molecule is Cc1c(CC(=O)N(C)C2CCN(C)CC2)c2ccccc2n1S(=O)(=O)c1ccc(Br)s1. The van der Waals surface area contributed by atoms with Gasteiger partial charge in [0.25, 0.3) is 10.0 Å². The van der Waals surface area contributed by atoms with Crippen LogP contribution in [0.15, 0.2) is 44.4 Å². The van der Waals surface area contributed by atoms with Crippen molar-refractivity contribution in [2.45, 2.75) is 36.4 Å². The minimum Gasteiger partial charge on any atom is -0.342 e. The number of hydrogen-bond acceptors (Lipinski definition) is 5. The van der Waals surface area contributed by atoms with Crippen molar-refractivity contribution in [3.8, 4) is 0 Å². The molecule has 3 heterocycles. The van der Waals surface area contributed by atoms with Crippen molar-refractivity contribution in [1.29, 1.82) is 0 Å². The number of aromatic nitrogens is 1. The van der Waals surface area contributed by atoms with Gasteiger partial charge in [-0.15, -0.1) is 11.3 Å². The molecule has 1 aromatic carbocycles. The molecule has 0 spiro atoms. The van der Waals surface area contributed by atoms with Gasteiger partial charge in [0.1, 0.15) is 4.21 Å². The minimum atomic E-state index is -3.76. The van der Waals surface area contributed by atoms with Crippen molar-refractivity contribution in [1.82, 2.24) is 13.8 Å². The van der Waals surface area contributed by atoms with Crippen LogP contribution < -0.4 is 0 Å². The summed E-state index contributed by atoms with van der Waals surface area (Å²) in [5, 5.41) is 0.810. The van der Waals surface area contributed by atoms with E-state index in [0.29, 0.717) is 11.2 Å². The Morgan fingerprint density at radius 1 is 1.19 bits per heavy atom. The number of fused-ring (bicyclic) bond motifs is 1. The van der Waals surface area contributed by atoms with Crippen LogP contribution in [-0.4, -0.2) is 61.3 Å². The zero-order chi connectivity index (χ0) is 22.3. The number of carbonyl (C=O) groups excluding carboxylic acids is 1. The average molecular weight is 525 g/mol. The normalized spacial score (nSPS) is 16.1. The molecule has 166 valence electrons. The highest BCUT2D eigenvalue weighted by molar-refractivity contribution is 9.11. The Hall–Kier alpha value is -1.68. The van der Waals surface area contributed by atoms with E-state index in [1.165, 1.54) is 15.3 Å². The Bertz CT molecular complexity index is 1220. The molecular formula is C22H26BrN3O3S2. The van der Waals surface area contributed by atoms with Crippen LogP contribution >= 0.6 is 27.3 Å². The summed E-state index contributed by atoms with van der Waals surface area (Å²) in [6.45, 7) is 3.75. The highest BCUT2D eigenvalue weighted by Crippen LogP contribution is 2.34. The van der Waals surface area contributed by atoms with Crippen LogP contribution in [0.1, 0.15) is 24.1 Å².